The van der Waals surface area contributed by atoms with Gasteiger partial charge in [-0.1, -0.05) is 43.6 Å². The highest BCUT2D eigenvalue weighted by molar-refractivity contribution is 7.90. The van der Waals surface area contributed by atoms with Crippen molar-refractivity contribution >= 4 is 21.4 Å². The molecule has 0 radical (unpaired) electrons. The van der Waals surface area contributed by atoms with Gasteiger partial charge < -0.3 is 4.74 Å². The molecule has 0 saturated heterocycles. The summed E-state index contributed by atoms with van der Waals surface area (Å²) in [5.41, 5.74) is 1.26. The van der Waals surface area contributed by atoms with Gasteiger partial charge in [-0.05, 0) is 48.2 Å². The average Bonchev–Trinajstić information content (AvgIpc) is 2.68. The van der Waals surface area contributed by atoms with E-state index in [0.29, 0.717) is 34.4 Å². The van der Waals surface area contributed by atoms with Gasteiger partial charge in [-0.25, -0.2) is 8.42 Å². The summed E-state index contributed by atoms with van der Waals surface area (Å²) in [6.07, 6.45) is 3.48. The number of hydrogen-bond donors (Lipinski definition) is 0. The Morgan fingerprint density at radius 2 is 1.83 bits per heavy atom. The molecular weight excluding hydrogens is 424 g/mol. The minimum atomic E-state index is -3.32. The fourth-order valence-electron chi connectivity index (χ4n) is 2.85. The van der Waals surface area contributed by atoms with Gasteiger partial charge in [-0.15, -0.1) is 0 Å². The molecule has 0 spiro atoms. The molecule has 3 rings (SSSR count). The molecule has 8 heteroatoms. The largest absolute Gasteiger partial charge is 0.487 e. The molecule has 0 saturated carbocycles. The maximum absolute atomic E-state index is 13.2. The lowest BCUT2D eigenvalue weighted by atomic mass is 10.1. The number of benzene rings is 2. The summed E-state index contributed by atoms with van der Waals surface area (Å²) in [5.74, 6) is 0.581. The number of hydrogen-bond acceptors (Lipinski definition) is 5. The monoisotopic (exact) mass is 446 g/mol. The minimum Gasteiger partial charge on any atom is -0.487 e. The smallest absolute Gasteiger partial charge is 0.314 e. The van der Waals surface area contributed by atoms with Crippen molar-refractivity contribution in [2.75, 3.05) is 12.9 Å². The first-order valence-electron chi connectivity index (χ1n) is 9.48. The van der Waals surface area contributed by atoms with Gasteiger partial charge in [0.15, 0.2) is 15.6 Å². The van der Waals surface area contributed by atoms with Crippen molar-refractivity contribution in [1.82, 2.24) is 9.78 Å². The van der Waals surface area contributed by atoms with Crippen LogP contribution in [0.15, 0.2) is 64.4 Å². The van der Waals surface area contributed by atoms with Crippen LogP contribution in [-0.4, -0.2) is 31.1 Å². The molecule has 0 N–H and O–H groups in total. The van der Waals surface area contributed by atoms with Crippen molar-refractivity contribution in [3.63, 3.8) is 0 Å². The first-order chi connectivity index (χ1) is 14.2. The molecule has 0 unspecified atom stereocenters. The Labute approximate surface area is 181 Å². The number of rotatable bonds is 7. The van der Waals surface area contributed by atoms with Crippen molar-refractivity contribution in [1.29, 1.82) is 0 Å². The van der Waals surface area contributed by atoms with Gasteiger partial charge in [0, 0.05) is 16.8 Å². The van der Waals surface area contributed by atoms with Gasteiger partial charge in [0.2, 0.25) is 0 Å². The second kappa shape index (κ2) is 9.02. The summed E-state index contributed by atoms with van der Waals surface area (Å²) in [4.78, 5) is 13.4. The van der Waals surface area contributed by atoms with Crippen LogP contribution in [0.1, 0.15) is 20.3 Å². The highest BCUT2D eigenvalue weighted by atomic mass is 35.5. The van der Waals surface area contributed by atoms with Gasteiger partial charge in [0.1, 0.15) is 0 Å². The summed E-state index contributed by atoms with van der Waals surface area (Å²) in [6.45, 7) is 4.52. The highest BCUT2D eigenvalue weighted by Gasteiger charge is 2.17. The Kier molecular flexibility index (Phi) is 6.63. The van der Waals surface area contributed by atoms with Crippen LogP contribution < -0.4 is 10.3 Å². The standard InChI is InChI=1S/C22H23ClN2O4S/c1-15(2)11-12-29-21-20(16-7-9-19(10-8-16)30(3,27)28)14-24-25(22(21)26)18-6-4-5-17(23)13-18/h4-10,13-15H,11-12H2,1-3H3. The van der Waals surface area contributed by atoms with E-state index in [-0.39, 0.29) is 10.6 Å². The van der Waals surface area contributed by atoms with E-state index in [9.17, 15) is 13.2 Å². The zero-order chi connectivity index (χ0) is 21.9. The Morgan fingerprint density at radius 3 is 2.43 bits per heavy atom. The normalized spacial score (nSPS) is 11.6. The molecule has 2 aromatic carbocycles. The fraction of sp³-hybridized carbons (Fsp3) is 0.273. The SMILES string of the molecule is CC(C)CCOc1c(-c2ccc(S(C)(=O)=O)cc2)cnn(-c2cccc(Cl)c2)c1=O. The van der Waals surface area contributed by atoms with Crippen LogP contribution in [0, 0.1) is 5.92 Å². The maximum Gasteiger partial charge on any atom is 0.314 e. The Bertz CT molecular complexity index is 1200. The third-order valence-corrected chi connectivity index (χ3v) is 5.88. The molecule has 6 nitrogen and oxygen atoms in total. The topological polar surface area (TPSA) is 78.3 Å². The molecule has 0 bridgehead atoms. The molecule has 0 atom stereocenters. The summed E-state index contributed by atoms with van der Waals surface area (Å²) >= 11 is 6.06. The quantitative estimate of drug-likeness (QED) is 0.538. The van der Waals surface area contributed by atoms with Crippen LogP contribution in [0.2, 0.25) is 5.02 Å². The lowest BCUT2D eigenvalue weighted by Gasteiger charge is -2.14. The van der Waals surface area contributed by atoms with E-state index < -0.39 is 15.4 Å². The first-order valence-corrected chi connectivity index (χ1v) is 11.8. The number of nitrogens with zero attached hydrogens (tertiary/aromatic N) is 2. The fourth-order valence-corrected chi connectivity index (χ4v) is 3.67. The van der Waals surface area contributed by atoms with Crippen molar-refractivity contribution in [3.8, 4) is 22.6 Å². The van der Waals surface area contributed by atoms with Crippen LogP contribution in [0.25, 0.3) is 16.8 Å². The van der Waals surface area contributed by atoms with Crippen molar-refractivity contribution in [3.05, 3.63) is 70.1 Å². The minimum absolute atomic E-state index is 0.165. The predicted molar refractivity (Wildman–Crippen MR) is 118 cm³/mol. The van der Waals surface area contributed by atoms with E-state index in [2.05, 4.69) is 18.9 Å². The zero-order valence-corrected chi connectivity index (χ0v) is 18.6. The molecule has 0 aliphatic carbocycles. The molecular formula is C22H23ClN2O4S. The van der Waals surface area contributed by atoms with E-state index in [1.165, 1.54) is 16.8 Å². The molecule has 1 aromatic heterocycles. The number of halogens is 1. The molecule has 0 aliphatic heterocycles. The van der Waals surface area contributed by atoms with Crippen LogP contribution >= 0.6 is 11.6 Å². The maximum atomic E-state index is 13.2. The van der Waals surface area contributed by atoms with E-state index in [1.54, 1.807) is 42.6 Å². The molecule has 0 fully saturated rings. The second-order valence-electron chi connectivity index (χ2n) is 7.41. The molecule has 30 heavy (non-hydrogen) atoms. The van der Waals surface area contributed by atoms with Crippen LogP contribution in [0.4, 0.5) is 0 Å². The zero-order valence-electron chi connectivity index (χ0n) is 17.0. The first kappa shape index (κ1) is 22.1. The van der Waals surface area contributed by atoms with Crippen molar-refractivity contribution in [2.24, 2.45) is 5.92 Å². The van der Waals surface area contributed by atoms with Crippen molar-refractivity contribution < 1.29 is 13.2 Å². The summed E-state index contributed by atoms with van der Waals surface area (Å²) in [7, 11) is -3.32. The van der Waals surface area contributed by atoms with Crippen LogP contribution in [-0.2, 0) is 9.84 Å². The van der Waals surface area contributed by atoms with E-state index in [0.717, 1.165) is 12.7 Å². The molecule has 3 aromatic rings. The number of sulfone groups is 1. The van der Waals surface area contributed by atoms with Gasteiger partial charge >= 0.3 is 5.56 Å². The Morgan fingerprint density at radius 1 is 1.13 bits per heavy atom. The second-order valence-corrected chi connectivity index (χ2v) is 9.86. The molecule has 0 amide bonds. The van der Waals surface area contributed by atoms with Gasteiger partial charge in [0.05, 0.1) is 23.4 Å². The Hall–Kier alpha value is -2.64. The average molecular weight is 447 g/mol. The number of ether oxygens (including phenoxy) is 1. The van der Waals surface area contributed by atoms with Crippen LogP contribution in [0.3, 0.4) is 0 Å². The van der Waals surface area contributed by atoms with Crippen LogP contribution in [0.5, 0.6) is 5.75 Å². The Balaban J connectivity index is 2.10. The van der Waals surface area contributed by atoms with Crippen molar-refractivity contribution in [2.45, 2.75) is 25.2 Å². The lowest BCUT2D eigenvalue weighted by molar-refractivity contribution is 0.285. The molecule has 0 aliphatic rings. The summed E-state index contributed by atoms with van der Waals surface area (Å²) in [5, 5.41) is 4.78. The van der Waals surface area contributed by atoms with E-state index in [4.69, 9.17) is 16.3 Å². The van der Waals surface area contributed by atoms with E-state index >= 15 is 0 Å². The van der Waals surface area contributed by atoms with E-state index in [1.807, 2.05) is 0 Å². The summed E-state index contributed by atoms with van der Waals surface area (Å²) in [6, 6.07) is 13.1. The highest BCUT2D eigenvalue weighted by Crippen LogP contribution is 2.28. The summed E-state index contributed by atoms with van der Waals surface area (Å²) < 4.78 is 30.6. The van der Waals surface area contributed by atoms with Gasteiger partial charge in [-0.2, -0.15) is 9.78 Å². The third-order valence-electron chi connectivity index (χ3n) is 4.52. The number of aromatic nitrogens is 2. The predicted octanol–water partition coefficient (Wildman–Crippen LogP) is 4.38. The molecule has 158 valence electrons. The molecule has 1 heterocycles. The van der Waals surface area contributed by atoms with Gasteiger partial charge in [0.25, 0.3) is 0 Å². The lowest BCUT2D eigenvalue weighted by Crippen LogP contribution is -2.24. The third kappa shape index (κ3) is 5.09. The van der Waals surface area contributed by atoms with Gasteiger partial charge in [-0.3, -0.25) is 4.79 Å².